The highest BCUT2D eigenvalue weighted by Gasteiger charge is 2.44. The lowest BCUT2D eigenvalue weighted by atomic mass is 9.91. The average molecular weight is 559 g/mol. The smallest absolute Gasteiger partial charge is 0.344 e. The highest BCUT2D eigenvalue weighted by atomic mass is 19.4. The molecule has 0 heterocycles. The van der Waals surface area contributed by atoms with E-state index in [0.717, 1.165) is 7.05 Å². The molecule has 0 atom stereocenters. The molecule has 0 unspecified atom stereocenters. The number of anilines is 2. The molecule has 0 amide bonds. The first-order valence-corrected chi connectivity index (χ1v) is 10.5. The van der Waals surface area contributed by atoms with Gasteiger partial charge in [-0.1, -0.05) is 17.7 Å². The van der Waals surface area contributed by atoms with E-state index in [1.54, 1.807) is 6.92 Å². The van der Waals surface area contributed by atoms with Crippen molar-refractivity contribution in [2.24, 2.45) is 0 Å². The van der Waals surface area contributed by atoms with Crippen LogP contribution in [0.4, 0.5) is 64.1 Å². The number of halogens is 12. The Labute approximate surface area is 208 Å². The van der Waals surface area contributed by atoms with Crippen LogP contribution in [0.15, 0.2) is 48.5 Å². The molecule has 0 saturated carbocycles. The Morgan fingerprint density at radius 2 is 0.816 bits per heavy atom. The molecule has 0 aliphatic rings. The Bertz CT molecular complexity index is 1260. The summed E-state index contributed by atoms with van der Waals surface area (Å²) in [6, 6.07) is 5.81. The summed E-state index contributed by atoms with van der Waals surface area (Å²) in [6.45, 7) is 2.14. The van der Waals surface area contributed by atoms with E-state index in [0.29, 0.717) is 17.4 Å². The summed E-state index contributed by atoms with van der Waals surface area (Å²) in [5.41, 5.74) is -11.8. The molecule has 206 valence electrons. The molecule has 0 bridgehead atoms. The number of hydrogen-bond acceptors (Lipinski definition) is 1. The van der Waals surface area contributed by atoms with E-state index in [2.05, 4.69) is 0 Å². The summed E-state index contributed by atoms with van der Waals surface area (Å²) in [5, 5.41) is 0. The van der Waals surface area contributed by atoms with Gasteiger partial charge in [-0.3, -0.25) is 0 Å². The number of benzene rings is 3. The van der Waals surface area contributed by atoms with Gasteiger partial charge in [0.15, 0.2) is 0 Å². The third-order valence-electron chi connectivity index (χ3n) is 5.83. The minimum absolute atomic E-state index is 0.0756. The van der Waals surface area contributed by atoms with Gasteiger partial charge >= 0.3 is 24.7 Å². The molecular formula is C25H17F12N. The third-order valence-corrected chi connectivity index (χ3v) is 5.83. The summed E-state index contributed by atoms with van der Waals surface area (Å²) >= 11 is 0. The Balaban J connectivity index is 2.44. The van der Waals surface area contributed by atoms with E-state index in [1.165, 1.54) is 24.3 Å². The van der Waals surface area contributed by atoms with E-state index in [4.69, 9.17) is 0 Å². The van der Waals surface area contributed by atoms with E-state index in [-0.39, 0.29) is 30.0 Å². The van der Waals surface area contributed by atoms with Crippen molar-refractivity contribution in [3.05, 3.63) is 81.9 Å². The maximum absolute atomic E-state index is 14.1. The monoisotopic (exact) mass is 559 g/mol. The van der Waals surface area contributed by atoms with Gasteiger partial charge in [-0.15, -0.1) is 0 Å². The maximum atomic E-state index is 14.1. The second-order valence-electron chi connectivity index (χ2n) is 8.50. The molecule has 0 spiro atoms. The average Bonchev–Trinajstić information content (AvgIpc) is 2.75. The predicted octanol–water partition coefficient (Wildman–Crippen LogP) is 9.81. The fourth-order valence-corrected chi connectivity index (χ4v) is 3.96. The van der Waals surface area contributed by atoms with Crippen LogP contribution < -0.4 is 4.90 Å². The minimum Gasteiger partial charge on any atom is -0.344 e. The topological polar surface area (TPSA) is 3.24 Å². The van der Waals surface area contributed by atoms with Crippen LogP contribution >= 0.6 is 0 Å². The van der Waals surface area contributed by atoms with Crippen molar-refractivity contribution in [3.8, 4) is 11.1 Å². The first kappa shape index (κ1) is 29.2. The lowest BCUT2D eigenvalue weighted by Crippen LogP contribution is -2.22. The Morgan fingerprint density at radius 1 is 0.500 bits per heavy atom. The molecule has 13 heteroatoms. The highest BCUT2D eigenvalue weighted by Crippen LogP contribution is 2.49. The van der Waals surface area contributed by atoms with E-state index >= 15 is 0 Å². The van der Waals surface area contributed by atoms with Crippen LogP contribution in [-0.4, -0.2) is 7.05 Å². The number of aryl methyl sites for hydroxylation is 1. The highest BCUT2D eigenvalue weighted by molar-refractivity contribution is 5.78. The molecule has 3 rings (SSSR count). The molecule has 3 aromatic rings. The van der Waals surface area contributed by atoms with Gasteiger partial charge in [-0.2, -0.15) is 52.7 Å². The Hall–Kier alpha value is -3.38. The molecule has 0 aliphatic carbocycles. The van der Waals surface area contributed by atoms with Gasteiger partial charge in [-0.25, -0.2) is 0 Å². The second kappa shape index (κ2) is 9.42. The summed E-state index contributed by atoms with van der Waals surface area (Å²) in [6.07, 6.45) is -21.7. The van der Waals surface area contributed by atoms with Crippen molar-refractivity contribution >= 4 is 11.4 Å². The molecule has 0 aromatic heterocycles. The van der Waals surface area contributed by atoms with Crippen molar-refractivity contribution in [3.63, 3.8) is 0 Å². The molecule has 0 aliphatic heterocycles. The predicted molar refractivity (Wildman–Crippen MR) is 116 cm³/mol. The van der Waals surface area contributed by atoms with Crippen LogP contribution in [0.2, 0.25) is 0 Å². The lowest BCUT2D eigenvalue weighted by Gasteiger charge is -2.28. The second-order valence-corrected chi connectivity index (χ2v) is 8.50. The van der Waals surface area contributed by atoms with Gasteiger partial charge in [0.25, 0.3) is 0 Å². The fraction of sp³-hybridized carbons (Fsp3) is 0.280. The summed E-state index contributed by atoms with van der Waals surface area (Å²) in [4.78, 5) is 0.603. The van der Waals surface area contributed by atoms with Crippen molar-refractivity contribution < 1.29 is 52.7 Å². The summed E-state index contributed by atoms with van der Waals surface area (Å²) in [7, 11) is 0.930. The molecule has 0 saturated heterocycles. The molecular weight excluding hydrogens is 542 g/mol. The van der Waals surface area contributed by atoms with Gasteiger partial charge < -0.3 is 4.90 Å². The van der Waals surface area contributed by atoms with Crippen LogP contribution in [0, 0.1) is 13.8 Å². The van der Waals surface area contributed by atoms with Gasteiger partial charge in [-0.05, 0) is 66.9 Å². The molecule has 1 nitrogen and oxygen atoms in total. The third kappa shape index (κ3) is 5.86. The number of hydrogen-bond donors (Lipinski definition) is 0. The Morgan fingerprint density at radius 3 is 1.13 bits per heavy atom. The van der Waals surface area contributed by atoms with Crippen molar-refractivity contribution in [2.45, 2.75) is 38.6 Å². The molecule has 0 N–H and O–H groups in total. The van der Waals surface area contributed by atoms with Gasteiger partial charge in [0.2, 0.25) is 0 Å². The van der Waals surface area contributed by atoms with E-state index in [9.17, 15) is 52.7 Å². The van der Waals surface area contributed by atoms with Gasteiger partial charge in [0.05, 0.1) is 27.9 Å². The lowest BCUT2D eigenvalue weighted by molar-refractivity contribution is -0.145. The van der Waals surface area contributed by atoms with Crippen LogP contribution in [-0.2, 0) is 24.7 Å². The first-order chi connectivity index (χ1) is 17.1. The minimum atomic E-state index is -5.46. The number of nitrogens with zero attached hydrogens (tertiary/aromatic N) is 1. The van der Waals surface area contributed by atoms with Crippen LogP contribution in [0.5, 0.6) is 0 Å². The van der Waals surface area contributed by atoms with Crippen LogP contribution in [0.25, 0.3) is 11.1 Å². The van der Waals surface area contributed by atoms with Gasteiger partial charge in [0, 0.05) is 12.7 Å². The van der Waals surface area contributed by atoms with E-state index < -0.39 is 69.3 Å². The SMILES string of the molecule is Cc1ccc(N(C)c2c(C(F)(F)F)cc(-c3cc(C(F)(F)F)c(C)c(C(F)(F)F)c3)cc2C(F)(F)F)cc1. The zero-order valence-corrected chi connectivity index (χ0v) is 19.6. The fourth-order valence-electron chi connectivity index (χ4n) is 3.96. The normalized spacial score (nSPS) is 13.1. The summed E-state index contributed by atoms with van der Waals surface area (Å²) < 4.78 is 166. The molecule has 3 aromatic carbocycles. The zero-order chi connectivity index (χ0) is 29.0. The van der Waals surface area contributed by atoms with Crippen molar-refractivity contribution in [1.82, 2.24) is 0 Å². The van der Waals surface area contributed by atoms with Crippen molar-refractivity contribution in [2.75, 3.05) is 11.9 Å². The van der Waals surface area contributed by atoms with E-state index in [1.807, 2.05) is 0 Å². The standard InChI is InChI=1S/C25H17F12N/c1-12-4-6-16(7-5-12)38(3)21-19(24(32,33)34)10-15(11-20(21)25(35,36)37)14-8-17(22(26,27)28)13(2)18(9-14)23(29,30)31/h4-11H,1-3H3. The number of alkyl halides is 12. The van der Waals surface area contributed by atoms with Crippen LogP contribution in [0.1, 0.15) is 33.4 Å². The van der Waals surface area contributed by atoms with Crippen LogP contribution in [0.3, 0.4) is 0 Å². The maximum Gasteiger partial charge on any atom is 0.418 e. The molecule has 38 heavy (non-hydrogen) atoms. The van der Waals surface area contributed by atoms with Crippen molar-refractivity contribution in [1.29, 1.82) is 0 Å². The molecule has 0 fully saturated rings. The summed E-state index contributed by atoms with van der Waals surface area (Å²) in [5.74, 6) is 0. The first-order valence-electron chi connectivity index (χ1n) is 10.5. The Kier molecular flexibility index (Phi) is 7.23. The largest absolute Gasteiger partial charge is 0.418 e. The zero-order valence-electron chi connectivity index (χ0n) is 19.6. The number of rotatable bonds is 3. The van der Waals surface area contributed by atoms with Gasteiger partial charge in [0.1, 0.15) is 0 Å². The quantitative estimate of drug-likeness (QED) is 0.289. The molecule has 0 radical (unpaired) electrons.